The lowest BCUT2D eigenvalue weighted by molar-refractivity contribution is 0.0697. The van der Waals surface area contributed by atoms with E-state index in [0.717, 1.165) is 0 Å². The minimum Gasteiger partial charge on any atom is -0.478 e. The summed E-state index contributed by atoms with van der Waals surface area (Å²) < 4.78 is 1.20. The van der Waals surface area contributed by atoms with Crippen LogP contribution in [-0.2, 0) is 0 Å². The molecule has 1 aromatic rings. The molecule has 0 atom stereocenters. The molecule has 4 heteroatoms. The second-order valence-corrected chi connectivity index (χ2v) is 1.57. The fraction of sp³-hybridized carbons (Fsp3) is 0. The van der Waals surface area contributed by atoms with Gasteiger partial charge in [0.25, 0.3) is 0 Å². The first-order chi connectivity index (χ1) is 4.20. The van der Waals surface area contributed by atoms with Gasteiger partial charge in [-0.25, -0.2) is 4.79 Å². The number of carboxylic acid groups (broad SMARTS) is 1. The predicted molar refractivity (Wildman–Crippen MR) is 29.9 cm³/mol. The molecular weight excluding hydrogens is 120 g/mol. The molecule has 0 saturated heterocycles. The quantitative estimate of drug-likeness (QED) is 0.584. The number of carboxylic acids is 1. The second kappa shape index (κ2) is 1.89. The zero-order chi connectivity index (χ0) is 6.85. The molecule has 1 rings (SSSR count). The van der Waals surface area contributed by atoms with E-state index in [1.165, 1.54) is 17.1 Å². The van der Waals surface area contributed by atoms with Crippen molar-refractivity contribution in [2.45, 2.75) is 0 Å². The Morgan fingerprint density at radius 2 is 2.56 bits per heavy atom. The monoisotopic (exact) mass is 125 g/mol. The molecule has 9 heavy (non-hydrogen) atoms. The Bertz CT molecular complexity index is 229. The summed E-state index contributed by atoms with van der Waals surface area (Å²) in [4.78, 5) is 10.1. The Kier molecular flexibility index (Phi) is 1.22. The summed E-state index contributed by atoms with van der Waals surface area (Å²) in [5, 5.41) is 11.9. The van der Waals surface area contributed by atoms with Gasteiger partial charge in [-0.2, -0.15) is 5.10 Å². The minimum atomic E-state index is -0.982. The van der Waals surface area contributed by atoms with Crippen LogP contribution in [0.25, 0.3) is 0 Å². The summed E-state index contributed by atoms with van der Waals surface area (Å²) in [6.45, 7) is 0. The van der Waals surface area contributed by atoms with Crippen LogP contribution in [0.15, 0.2) is 12.4 Å². The first-order valence-electron chi connectivity index (χ1n) is 2.29. The van der Waals surface area contributed by atoms with Crippen molar-refractivity contribution in [3.8, 4) is 0 Å². The zero-order valence-corrected chi connectivity index (χ0v) is 4.61. The van der Waals surface area contributed by atoms with E-state index in [2.05, 4.69) is 12.1 Å². The summed E-state index contributed by atoms with van der Waals surface area (Å²) in [7, 11) is 3.37. The number of hydrogen-bond donors (Lipinski definition) is 1. The summed E-state index contributed by atoms with van der Waals surface area (Å²) in [5.74, 6) is -0.982. The molecule has 0 bridgehead atoms. The zero-order valence-electron chi connectivity index (χ0n) is 4.61. The van der Waals surface area contributed by atoms with Gasteiger partial charge in [-0.15, -0.1) is 0 Å². The Hall–Kier alpha value is -1.32. The van der Waals surface area contributed by atoms with Gasteiger partial charge in [-0.3, -0.25) is 4.68 Å². The van der Waals surface area contributed by atoms with Gasteiger partial charge < -0.3 is 5.11 Å². The summed E-state index contributed by atoms with van der Waals surface area (Å²) in [6.07, 6.45) is 2.58. The standard InChI is InChI=1S/C5H5N2O2/c1-7-3-4(2-6-7)5(8)9/h2-3H,1H2,(H,8,9). The van der Waals surface area contributed by atoms with Crippen molar-refractivity contribution >= 4 is 5.97 Å². The Labute approximate surface area is 51.7 Å². The number of aromatic carboxylic acids is 1. The molecule has 0 fully saturated rings. The van der Waals surface area contributed by atoms with Crippen LogP contribution in [0.4, 0.5) is 0 Å². The highest BCUT2D eigenvalue weighted by molar-refractivity contribution is 5.86. The normalized spacial score (nSPS) is 9.44. The first-order valence-corrected chi connectivity index (χ1v) is 2.29. The van der Waals surface area contributed by atoms with Crippen LogP contribution in [0, 0.1) is 7.05 Å². The Balaban J connectivity index is 2.98. The molecular formula is C5H5N2O2. The number of rotatable bonds is 1. The van der Waals surface area contributed by atoms with Gasteiger partial charge in [-0.1, -0.05) is 0 Å². The van der Waals surface area contributed by atoms with Crippen molar-refractivity contribution in [1.82, 2.24) is 9.78 Å². The molecule has 47 valence electrons. The summed E-state index contributed by atoms with van der Waals surface area (Å²) >= 11 is 0. The maximum atomic E-state index is 10.1. The highest BCUT2D eigenvalue weighted by Crippen LogP contribution is 1.94. The highest BCUT2D eigenvalue weighted by atomic mass is 16.4. The third-order valence-corrected chi connectivity index (χ3v) is 0.880. The van der Waals surface area contributed by atoms with E-state index in [4.69, 9.17) is 5.11 Å². The van der Waals surface area contributed by atoms with Crippen LogP contribution in [-0.4, -0.2) is 20.9 Å². The van der Waals surface area contributed by atoms with Crippen molar-refractivity contribution in [3.05, 3.63) is 25.0 Å². The molecule has 0 aliphatic rings. The van der Waals surface area contributed by atoms with E-state index in [-0.39, 0.29) is 5.56 Å². The third kappa shape index (κ3) is 1.07. The van der Waals surface area contributed by atoms with Crippen LogP contribution in [0.5, 0.6) is 0 Å². The lowest BCUT2D eigenvalue weighted by Crippen LogP contribution is -1.92. The maximum Gasteiger partial charge on any atom is 0.338 e. The molecule has 0 spiro atoms. The summed E-state index contributed by atoms with van der Waals surface area (Å²) in [5.41, 5.74) is 0.157. The fourth-order valence-corrected chi connectivity index (χ4v) is 0.474. The number of nitrogens with zero attached hydrogens (tertiary/aromatic N) is 2. The van der Waals surface area contributed by atoms with E-state index in [1.54, 1.807) is 0 Å². The topological polar surface area (TPSA) is 55.1 Å². The number of carbonyl (C=O) groups is 1. The van der Waals surface area contributed by atoms with Gasteiger partial charge in [0.05, 0.1) is 18.8 Å². The van der Waals surface area contributed by atoms with Crippen molar-refractivity contribution in [1.29, 1.82) is 0 Å². The fourth-order valence-electron chi connectivity index (χ4n) is 0.474. The number of aromatic nitrogens is 2. The average molecular weight is 125 g/mol. The SMILES string of the molecule is [CH2]n1cc(C(=O)O)cn1. The van der Waals surface area contributed by atoms with Gasteiger partial charge in [0.15, 0.2) is 0 Å². The van der Waals surface area contributed by atoms with Crippen molar-refractivity contribution < 1.29 is 9.90 Å². The molecule has 0 aliphatic carbocycles. The van der Waals surface area contributed by atoms with Gasteiger partial charge in [0, 0.05) is 6.20 Å². The molecule has 0 amide bonds. The Morgan fingerprint density at radius 3 is 2.78 bits per heavy atom. The van der Waals surface area contributed by atoms with Gasteiger partial charge in [-0.05, 0) is 0 Å². The predicted octanol–water partition coefficient (Wildman–Crippen LogP) is 0.221. The van der Waals surface area contributed by atoms with Gasteiger partial charge in [0.1, 0.15) is 0 Å². The van der Waals surface area contributed by atoms with Crippen LogP contribution in [0.1, 0.15) is 10.4 Å². The second-order valence-electron chi connectivity index (χ2n) is 1.57. The molecule has 0 aliphatic heterocycles. The highest BCUT2D eigenvalue weighted by Gasteiger charge is 2.02. The van der Waals surface area contributed by atoms with E-state index in [0.29, 0.717) is 0 Å². The third-order valence-electron chi connectivity index (χ3n) is 0.880. The number of hydrogen-bond acceptors (Lipinski definition) is 2. The molecule has 0 saturated carbocycles. The van der Waals surface area contributed by atoms with Crippen LogP contribution < -0.4 is 0 Å². The molecule has 0 aromatic carbocycles. The molecule has 1 N–H and O–H groups in total. The Morgan fingerprint density at radius 1 is 1.89 bits per heavy atom. The van der Waals surface area contributed by atoms with Crippen molar-refractivity contribution in [2.75, 3.05) is 0 Å². The van der Waals surface area contributed by atoms with Crippen LogP contribution in [0.2, 0.25) is 0 Å². The van der Waals surface area contributed by atoms with Crippen LogP contribution in [0.3, 0.4) is 0 Å². The lowest BCUT2D eigenvalue weighted by atomic mass is 10.4. The van der Waals surface area contributed by atoms with Crippen molar-refractivity contribution in [3.63, 3.8) is 0 Å². The maximum absolute atomic E-state index is 10.1. The van der Waals surface area contributed by atoms with E-state index in [9.17, 15) is 4.79 Å². The minimum absolute atomic E-state index is 0.157. The van der Waals surface area contributed by atoms with E-state index < -0.39 is 5.97 Å². The van der Waals surface area contributed by atoms with Gasteiger partial charge in [0.2, 0.25) is 0 Å². The lowest BCUT2D eigenvalue weighted by Gasteiger charge is -1.81. The first kappa shape index (κ1) is 5.81. The van der Waals surface area contributed by atoms with Crippen LogP contribution >= 0.6 is 0 Å². The van der Waals surface area contributed by atoms with Crippen molar-refractivity contribution in [2.24, 2.45) is 0 Å². The van der Waals surface area contributed by atoms with Gasteiger partial charge >= 0.3 is 5.97 Å². The van der Waals surface area contributed by atoms with E-state index >= 15 is 0 Å². The average Bonchev–Trinajstić information content (AvgIpc) is 2.14. The largest absolute Gasteiger partial charge is 0.478 e. The smallest absolute Gasteiger partial charge is 0.338 e. The molecule has 1 heterocycles. The molecule has 1 aromatic heterocycles. The molecule has 4 nitrogen and oxygen atoms in total. The summed E-state index contributed by atoms with van der Waals surface area (Å²) in [6, 6.07) is 0. The molecule has 1 radical (unpaired) electrons. The molecule has 0 unspecified atom stereocenters. The van der Waals surface area contributed by atoms with E-state index in [1.807, 2.05) is 0 Å².